The summed E-state index contributed by atoms with van der Waals surface area (Å²) in [5, 5.41) is 14.2. The minimum Gasteiger partial charge on any atom is -0.481 e. The predicted octanol–water partition coefficient (Wildman–Crippen LogP) is 8.01. The van der Waals surface area contributed by atoms with E-state index in [-0.39, 0.29) is 43.0 Å². The number of fused-ring (bicyclic) bond motifs is 5. The summed E-state index contributed by atoms with van der Waals surface area (Å²) >= 11 is 0. The molecule has 91 heavy (non-hydrogen) atoms. The van der Waals surface area contributed by atoms with Crippen molar-refractivity contribution in [2.75, 3.05) is 225 Å². The highest BCUT2D eigenvalue weighted by atomic mass is 16.6. The monoisotopic (exact) mass is 1300 g/mol. The lowest BCUT2D eigenvalue weighted by molar-refractivity contribution is -0.138. The van der Waals surface area contributed by atoms with Gasteiger partial charge in [-0.1, -0.05) is 66.0 Å². The van der Waals surface area contributed by atoms with Crippen LogP contribution in [-0.2, 0) is 90.1 Å². The normalized spacial score (nSPS) is 22.7. The van der Waals surface area contributed by atoms with E-state index in [0.29, 0.717) is 223 Å². The molecular weight excluding hydrogens is 1180 g/mol. The van der Waals surface area contributed by atoms with Crippen molar-refractivity contribution in [1.29, 1.82) is 0 Å². The standard InChI is InChI=1S/C68H124N2O21/c1-7-57(55(2)3)9-8-56(4)61-12-13-62-60-11-10-58-54-59(14-18-67(58,5)63(60)15-19-68(61,62)6)91-66(74)70-21-25-78-29-33-81-32-28-77-24-20-69-64(71)16-22-75-26-30-79-34-36-82-38-40-84-42-44-86-46-48-88-50-52-90-53-51-89-49-47-87-45-43-85-41-39-83-37-35-80-31-27-76-23-17-65(72)73/h10,55-57,59-63H,7-9,11-54H2,1-6H3,(H,69,71)(H,70,74)(H,72,73)/t56-,57-,59+,60+,61?,62+,63+,67+,68-/m1/s1. The first kappa shape index (κ1) is 80.7. The van der Waals surface area contributed by atoms with Crippen molar-refractivity contribution >= 4 is 18.0 Å². The predicted molar refractivity (Wildman–Crippen MR) is 343 cm³/mol. The van der Waals surface area contributed by atoms with Crippen molar-refractivity contribution in [2.24, 2.45) is 52.3 Å². The first-order valence-corrected chi connectivity index (χ1v) is 34.7. The lowest BCUT2D eigenvalue weighted by atomic mass is 9.47. The average molecular weight is 1310 g/mol. The molecule has 9 atom stereocenters. The summed E-state index contributed by atoms with van der Waals surface area (Å²) in [6.07, 6.45) is 16.1. The number of hydrogen-bond acceptors (Lipinski definition) is 20. The highest BCUT2D eigenvalue weighted by Crippen LogP contribution is 2.67. The highest BCUT2D eigenvalue weighted by molar-refractivity contribution is 5.75. The zero-order valence-electron chi connectivity index (χ0n) is 57.0. The number of carboxylic acid groups (broad SMARTS) is 1. The van der Waals surface area contributed by atoms with E-state index >= 15 is 0 Å². The Hall–Kier alpha value is -2.69. The highest BCUT2D eigenvalue weighted by Gasteiger charge is 2.59. The third-order valence-electron chi connectivity index (χ3n) is 18.8. The van der Waals surface area contributed by atoms with Crippen molar-refractivity contribution in [3.63, 3.8) is 0 Å². The molecule has 3 fully saturated rings. The number of carboxylic acids is 1. The molecule has 0 saturated heterocycles. The molecule has 0 radical (unpaired) electrons. The Balaban J connectivity index is 0.790. The summed E-state index contributed by atoms with van der Waals surface area (Å²) < 4.78 is 93.8. The summed E-state index contributed by atoms with van der Waals surface area (Å²) in [5.74, 6) is 4.70. The lowest BCUT2D eigenvalue weighted by Crippen LogP contribution is -2.51. The van der Waals surface area contributed by atoms with Crippen molar-refractivity contribution in [3.05, 3.63) is 11.6 Å². The van der Waals surface area contributed by atoms with Gasteiger partial charge in [0.1, 0.15) is 6.10 Å². The molecule has 0 aromatic carbocycles. The van der Waals surface area contributed by atoms with E-state index in [0.717, 1.165) is 60.7 Å². The topological polar surface area (TPSA) is 252 Å². The van der Waals surface area contributed by atoms with Crippen LogP contribution >= 0.6 is 0 Å². The van der Waals surface area contributed by atoms with E-state index in [1.807, 2.05) is 0 Å². The van der Waals surface area contributed by atoms with Crippen LogP contribution in [0.5, 0.6) is 0 Å². The van der Waals surface area contributed by atoms with Gasteiger partial charge in [0.05, 0.1) is 218 Å². The first-order valence-electron chi connectivity index (χ1n) is 34.7. The molecule has 0 heterocycles. The lowest BCUT2D eigenvalue weighted by Gasteiger charge is -2.58. The molecule has 3 saturated carbocycles. The summed E-state index contributed by atoms with van der Waals surface area (Å²) in [7, 11) is 0. The summed E-state index contributed by atoms with van der Waals surface area (Å²) in [4.78, 5) is 35.3. The fraction of sp³-hybridized carbons (Fsp3) is 0.926. The number of amides is 2. The van der Waals surface area contributed by atoms with E-state index in [4.69, 9.17) is 85.6 Å². The van der Waals surface area contributed by atoms with Gasteiger partial charge in [0.2, 0.25) is 5.91 Å². The van der Waals surface area contributed by atoms with Crippen LogP contribution in [0.2, 0.25) is 0 Å². The summed E-state index contributed by atoms with van der Waals surface area (Å²) in [6.45, 7) is 29.5. The number of alkyl carbamates (subject to hydrolysis) is 1. The number of carbonyl (C=O) groups excluding carboxylic acids is 2. The van der Waals surface area contributed by atoms with Gasteiger partial charge in [-0.05, 0) is 104 Å². The van der Waals surface area contributed by atoms with Crippen LogP contribution in [0.3, 0.4) is 0 Å². The molecule has 4 aliphatic carbocycles. The molecule has 1 unspecified atom stereocenters. The van der Waals surface area contributed by atoms with Gasteiger partial charge in [0.25, 0.3) is 0 Å². The SMILES string of the molecule is CC[C@H](CC[C@@H](C)C1CC[C@H]2[C@@H]3CC=C4C[C@@H](OC(=O)NCCOCCOCCOCCNC(=O)CCOCCOCCOCCOCCOCCOCCOCCOCCOCCOCCOCCOCCOCCC(=O)O)CC[C@]4(C)[C@H]3CC[C@]12C)C(C)C. The Kier molecular flexibility index (Phi) is 45.8. The van der Waals surface area contributed by atoms with Crippen molar-refractivity contribution in [3.8, 4) is 0 Å². The Labute approximate surface area is 546 Å². The molecule has 532 valence electrons. The minimum atomic E-state index is -0.880. The molecular formula is C68H124N2O21. The Morgan fingerprint density at radius 3 is 1.29 bits per heavy atom. The Bertz CT molecular complexity index is 1860. The molecule has 4 aliphatic rings. The quantitative estimate of drug-likeness (QED) is 0.0385. The second-order valence-electron chi connectivity index (χ2n) is 25.2. The summed E-state index contributed by atoms with van der Waals surface area (Å²) in [5.41, 5.74) is 2.24. The average Bonchev–Trinajstić information content (AvgIpc) is 1.72. The maximum Gasteiger partial charge on any atom is 0.407 e. The smallest absolute Gasteiger partial charge is 0.407 e. The van der Waals surface area contributed by atoms with Gasteiger partial charge in [0, 0.05) is 25.9 Å². The van der Waals surface area contributed by atoms with Crippen LogP contribution in [-0.4, -0.2) is 254 Å². The van der Waals surface area contributed by atoms with Crippen LogP contribution in [0.1, 0.15) is 125 Å². The number of rotatable bonds is 61. The molecule has 3 N–H and O–H groups in total. The third kappa shape index (κ3) is 35.2. The van der Waals surface area contributed by atoms with Crippen LogP contribution in [0.4, 0.5) is 4.79 Å². The second-order valence-corrected chi connectivity index (χ2v) is 25.2. The van der Waals surface area contributed by atoms with Gasteiger partial charge in [-0.2, -0.15) is 0 Å². The molecule has 0 bridgehead atoms. The van der Waals surface area contributed by atoms with Gasteiger partial charge in [-0.25, -0.2) is 4.79 Å². The van der Waals surface area contributed by atoms with Crippen LogP contribution < -0.4 is 10.6 Å². The van der Waals surface area contributed by atoms with Crippen LogP contribution in [0.15, 0.2) is 11.6 Å². The zero-order valence-corrected chi connectivity index (χ0v) is 57.0. The second kappa shape index (κ2) is 51.6. The van der Waals surface area contributed by atoms with Gasteiger partial charge in [-0.15, -0.1) is 0 Å². The molecule has 23 heteroatoms. The minimum absolute atomic E-state index is 0.0111. The number of aliphatic carboxylic acids is 1. The molecule has 0 aromatic heterocycles. The fourth-order valence-corrected chi connectivity index (χ4v) is 13.8. The molecule has 0 aromatic rings. The Morgan fingerprint density at radius 1 is 0.484 bits per heavy atom. The number of ether oxygens (including phenoxy) is 17. The van der Waals surface area contributed by atoms with Crippen molar-refractivity contribution in [2.45, 2.75) is 131 Å². The van der Waals surface area contributed by atoms with Crippen molar-refractivity contribution in [1.82, 2.24) is 10.6 Å². The van der Waals surface area contributed by atoms with E-state index in [1.54, 1.807) is 0 Å². The first-order chi connectivity index (χ1) is 44.4. The molecule has 0 spiro atoms. The third-order valence-corrected chi connectivity index (χ3v) is 18.8. The van der Waals surface area contributed by atoms with E-state index in [9.17, 15) is 14.4 Å². The van der Waals surface area contributed by atoms with E-state index < -0.39 is 5.97 Å². The summed E-state index contributed by atoms with van der Waals surface area (Å²) in [6, 6.07) is 0. The van der Waals surface area contributed by atoms with E-state index in [2.05, 4.69) is 58.3 Å². The molecule has 4 rings (SSSR count). The van der Waals surface area contributed by atoms with Gasteiger partial charge >= 0.3 is 12.1 Å². The van der Waals surface area contributed by atoms with Gasteiger partial charge in [0.15, 0.2) is 0 Å². The number of allylic oxidation sites excluding steroid dienone is 1. The fourth-order valence-electron chi connectivity index (χ4n) is 13.8. The van der Waals surface area contributed by atoms with Crippen molar-refractivity contribution < 1.29 is 100 Å². The van der Waals surface area contributed by atoms with Gasteiger partial charge < -0.3 is 96.3 Å². The largest absolute Gasteiger partial charge is 0.481 e. The number of hydrogen-bond donors (Lipinski definition) is 3. The van der Waals surface area contributed by atoms with E-state index in [1.165, 1.54) is 56.9 Å². The maximum absolute atomic E-state index is 12.8. The zero-order chi connectivity index (χ0) is 65.3. The number of nitrogens with one attached hydrogen (secondary N) is 2. The number of carbonyl (C=O) groups is 3. The maximum atomic E-state index is 12.8. The molecule has 2 amide bonds. The Morgan fingerprint density at radius 2 is 0.879 bits per heavy atom. The molecule has 23 nitrogen and oxygen atoms in total. The van der Waals surface area contributed by atoms with Crippen LogP contribution in [0, 0.1) is 52.3 Å². The van der Waals surface area contributed by atoms with Crippen LogP contribution in [0.25, 0.3) is 0 Å². The van der Waals surface area contributed by atoms with Gasteiger partial charge in [-0.3, -0.25) is 9.59 Å². The molecule has 0 aliphatic heterocycles.